The van der Waals surface area contributed by atoms with Crippen LogP contribution in [0.2, 0.25) is 10.0 Å². The van der Waals surface area contributed by atoms with Crippen molar-refractivity contribution in [2.24, 2.45) is 0 Å². The molecule has 21 heavy (non-hydrogen) atoms. The molecule has 0 aromatic heterocycles. The Labute approximate surface area is 134 Å². The number of halogens is 2. The van der Waals surface area contributed by atoms with E-state index in [-0.39, 0.29) is 0 Å². The summed E-state index contributed by atoms with van der Waals surface area (Å²) in [6.45, 7) is 1.70. The minimum atomic E-state index is 0.523. The Bertz CT molecular complexity index is 590. The molecule has 0 aliphatic carbocycles. The average Bonchev–Trinajstić information content (AvgIpc) is 2.48. The number of anilines is 1. The van der Waals surface area contributed by atoms with Crippen LogP contribution in [0.4, 0.5) is 5.69 Å². The Morgan fingerprint density at radius 3 is 2.62 bits per heavy atom. The van der Waals surface area contributed by atoms with E-state index >= 15 is 0 Å². The molecule has 0 saturated carbocycles. The normalized spacial score (nSPS) is 10.4. The number of ether oxygens (including phenoxy) is 2. The number of methoxy groups -OCH3 is 1. The van der Waals surface area contributed by atoms with Gasteiger partial charge in [0.2, 0.25) is 0 Å². The summed E-state index contributed by atoms with van der Waals surface area (Å²) in [5.74, 6) is 0.840. The van der Waals surface area contributed by atoms with Crippen LogP contribution < -0.4 is 10.1 Å². The summed E-state index contributed by atoms with van der Waals surface area (Å²) >= 11 is 12.0. The highest BCUT2D eigenvalue weighted by atomic mass is 35.5. The lowest BCUT2D eigenvalue weighted by atomic mass is 10.2. The van der Waals surface area contributed by atoms with Gasteiger partial charge in [0.25, 0.3) is 0 Å². The zero-order valence-electron chi connectivity index (χ0n) is 11.7. The average molecular weight is 326 g/mol. The second-order valence-electron chi connectivity index (χ2n) is 4.43. The van der Waals surface area contributed by atoms with Gasteiger partial charge in [-0.25, -0.2) is 0 Å². The third-order valence-electron chi connectivity index (χ3n) is 2.92. The van der Waals surface area contributed by atoms with Crippen molar-refractivity contribution in [1.29, 1.82) is 0 Å². The first-order valence-corrected chi connectivity index (χ1v) is 7.35. The number of benzene rings is 2. The van der Waals surface area contributed by atoms with Crippen LogP contribution in [-0.4, -0.2) is 20.3 Å². The molecular formula is C16H17Cl2NO2. The molecule has 0 atom stereocenters. The van der Waals surface area contributed by atoms with E-state index in [1.165, 1.54) is 0 Å². The van der Waals surface area contributed by atoms with Crippen molar-refractivity contribution in [3.05, 3.63) is 58.1 Å². The number of rotatable bonds is 7. The molecule has 0 amide bonds. The molecule has 0 aliphatic rings. The van der Waals surface area contributed by atoms with E-state index in [0.717, 1.165) is 17.0 Å². The van der Waals surface area contributed by atoms with Crippen molar-refractivity contribution in [3.8, 4) is 5.75 Å². The van der Waals surface area contributed by atoms with Crippen molar-refractivity contribution in [2.45, 2.75) is 6.54 Å². The highest BCUT2D eigenvalue weighted by Gasteiger charge is 2.05. The second kappa shape index (κ2) is 8.13. The van der Waals surface area contributed by atoms with Gasteiger partial charge in [0.1, 0.15) is 12.4 Å². The van der Waals surface area contributed by atoms with Crippen LogP contribution in [0, 0.1) is 0 Å². The van der Waals surface area contributed by atoms with E-state index in [0.29, 0.717) is 29.8 Å². The van der Waals surface area contributed by atoms with E-state index in [1.54, 1.807) is 19.2 Å². The maximum Gasteiger partial charge on any atom is 0.124 e. The molecule has 2 aromatic carbocycles. The van der Waals surface area contributed by atoms with Gasteiger partial charge in [-0.1, -0.05) is 41.4 Å². The fourth-order valence-corrected chi connectivity index (χ4v) is 2.32. The van der Waals surface area contributed by atoms with Gasteiger partial charge in [-0.3, -0.25) is 0 Å². The predicted molar refractivity (Wildman–Crippen MR) is 87.6 cm³/mol. The van der Waals surface area contributed by atoms with Gasteiger partial charge in [0.05, 0.1) is 17.3 Å². The Morgan fingerprint density at radius 2 is 1.86 bits per heavy atom. The molecule has 1 N–H and O–H groups in total. The van der Waals surface area contributed by atoms with Crippen LogP contribution in [0.15, 0.2) is 42.5 Å². The fraction of sp³-hybridized carbons (Fsp3) is 0.250. The standard InChI is InChI=1S/C16H17Cl2NO2/c1-20-8-9-21-16-5-3-2-4-12(16)11-19-15-7-6-13(17)10-14(15)18/h2-7,10,19H,8-9,11H2,1H3. The van der Waals surface area contributed by atoms with Crippen molar-refractivity contribution < 1.29 is 9.47 Å². The van der Waals surface area contributed by atoms with E-state index in [2.05, 4.69) is 5.32 Å². The minimum absolute atomic E-state index is 0.523. The maximum atomic E-state index is 6.14. The second-order valence-corrected chi connectivity index (χ2v) is 5.27. The monoisotopic (exact) mass is 325 g/mol. The molecule has 0 spiro atoms. The third kappa shape index (κ3) is 4.81. The van der Waals surface area contributed by atoms with Gasteiger partial charge in [-0.2, -0.15) is 0 Å². The van der Waals surface area contributed by atoms with Crippen LogP contribution >= 0.6 is 23.2 Å². The van der Waals surface area contributed by atoms with Crippen molar-refractivity contribution >= 4 is 28.9 Å². The SMILES string of the molecule is COCCOc1ccccc1CNc1ccc(Cl)cc1Cl. The number of hydrogen-bond donors (Lipinski definition) is 1. The summed E-state index contributed by atoms with van der Waals surface area (Å²) in [4.78, 5) is 0. The molecule has 0 radical (unpaired) electrons. The molecule has 2 aromatic rings. The van der Waals surface area contributed by atoms with Crippen LogP contribution in [-0.2, 0) is 11.3 Å². The van der Waals surface area contributed by atoms with Crippen LogP contribution in [0.1, 0.15) is 5.56 Å². The molecule has 0 aliphatic heterocycles. The molecule has 3 nitrogen and oxygen atoms in total. The van der Waals surface area contributed by atoms with Gasteiger partial charge >= 0.3 is 0 Å². The summed E-state index contributed by atoms with van der Waals surface area (Å²) in [5.41, 5.74) is 1.90. The van der Waals surface area contributed by atoms with Crippen molar-refractivity contribution in [3.63, 3.8) is 0 Å². The van der Waals surface area contributed by atoms with Gasteiger partial charge in [-0.15, -0.1) is 0 Å². The minimum Gasteiger partial charge on any atom is -0.491 e. The summed E-state index contributed by atoms with van der Waals surface area (Å²) in [7, 11) is 1.65. The zero-order chi connectivity index (χ0) is 15.1. The van der Waals surface area contributed by atoms with E-state index in [9.17, 15) is 0 Å². The molecule has 0 fully saturated rings. The van der Waals surface area contributed by atoms with Gasteiger partial charge < -0.3 is 14.8 Å². The summed E-state index contributed by atoms with van der Waals surface area (Å²) in [5, 5.41) is 4.50. The topological polar surface area (TPSA) is 30.5 Å². The fourth-order valence-electron chi connectivity index (χ4n) is 1.85. The highest BCUT2D eigenvalue weighted by Crippen LogP contribution is 2.27. The lowest BCUT2D eigenvalue weighted by molar-refractivity contribution is 0.146. The lowest BCUT2D eigenvalue weighted by Gasteiger charge is -2.13. The summed E-state index contributed by atoms with van der Waals surface area (Å²) in [6.07, 6.45) is 0. The van der Waals surface area contributed by atoms with Crippen LogP contribution in [0.5, 0.6) is 5.75 Å². The van der Waals surface area contributed by atoms with Crippen molar-refractivity contribution in [2.75, 3.05) is 25.6 Å². The molecule has 112 valence electrons. The molecule has 0 unspecified atom stereocenters. The third-order valence-corrected chi connectivity index (χ3v) is 3.47. The highest BCUT2D eigenvalue weighted by molar-refractivity contribution is 6.36. The first-order chi connectivity index (χ1) is 10.2. The summed E-state index contributed by atoms with van der Waals surface area (Å²) in [6, 6.07) is 13.3. The lowest BCUT2D eigenvalue weighted by Crippen LogP contribution is -2.08. The summed E-state index contributed by atoms with van der Waals surface area (Å²) < 4.78 is 10.7. The molecule has 0 saturated heterocycles. The molecule has 0 heterocycles. The van der Waals surface area contributed by atoms with Gasteiger partial charge in [-0.05, 0) is 24.3 Å². The largest absolute Gasteiger partial charge is 0.491 e. The first-order valence-electron chi connectivity index (χ1n) is 6.59. The number of hydrogen-bond acceptors (Lipinski definition) is 3. The van der Waals surface area contributed by atoms with E-state index in [4.69, 9.17) is 32.7 Å². The number of nitrogens with one attached hydrogen (secondary N) is 1. The molecule has 5 heteroatoms. The molecular weight excluding hydrogens is 309 g/mol. The molecule has 2 rings (SSSR count). The number of para-hydroxylation sites is 1. The Kier molecular flexibility index (Phi) is 6.18. The van der Waals surface area contributed by atoms with Crippen LogP contribution in [0.3, 0.4) is 0 Å². The van der Waals surface area contributed by atoms with Crippen molar-refractivity contribution in [1.82, 2.24) is 0 Å². The van der Waals surface area contributed by atoms with Gasteiger partial charge in [0, 0.05) is 24.2 Å². The van der Waals surface area contributed by atoms with Gasteiger partial charge in [0.15, 0.2) is 0 Å². The van der Waals surface area contributed by atoms with Crippen LogP contribution in [0.25, 0.3) is 0 Å². The quantitative estimate of drug-likeness (QED) is 0.753. The zero-order valence-corrected chi connectivity index (χ0v) is 13.2. The Hall–Kier alpha value is -1.42. The predicted octanol–water partition coefficient (Wildman–Crippen LogP) is 4.63. The smallest absolute Gasteiger partial charge is 0.124 e. The van der Waals surface area contributed by atoms with E-state index in [1.807, 2.05) is 30.3 Å². The maximum absolute atomic E-state index is 6.14. The first kappa shape index (κ1) is 16.0. The Morgan fingerprint density at radius 1 is 1.05 bits per heavy atom. The van der Waals surface area contributed by atoms with E-state index < -0.39 is 0 Å². The Balaban J connectivity index is 2.02. The molecule has 0 bridgehead atoms.